The van der Waals surface area contributed by atoms with Gasteiger partial charge in [0.05, 0.1) is 12.1 Å². The number of urea groups is 1. The van der Waals surface area contributed by atoms with E-state index >= 15 is 0 Å². The van der Waals surface area contributed by atoms with Crippen molar-refractivity contribution in [3.63, 3.8) is 0 Å². The zero-order valence-electron chi connectivity index (χ0n) is 10.2. The van der Waals surface area contributed by atoms with Gasteiger partial charge in [0.1, 0.15) is 0 Å². The highest BCUT2D eigenvalue weighted by Crippen LogP contribution is 2.30. The molecule has 0 heterocycles. The summed E-state index contributed by atoms with van der Waals surface area (Å²) in [6.45, 7) is 1.82. The minimum absolute atomic E-state index is 0.0962. The average Bonchev–Trinajstić information content (AvgIpc) is 2.32. The Hall–Kier alpha value is -1.08. The first-order chi connectivity index (χ1) is 8.93. The molecule has 7 heteroatoms. The molecule has 0 aliphatic carbocycles. The summed E-state index contributed by atoms with van der Waals surface area (Å²) in [5.41, 5.74) is 0.602. The predicted molar refractivity (Wildman–Crippen MR) is 80.3 cm³/mol. The van der Waals surface area contributed by atoms with Crippen LogP contribution in [0.2, 0.25) is 0 Å². The lowest BCUT2D eigenvalue weighted by molar-refractivity contribution is -0.137. The number of benzene rings is 1. The van der Waals surface area contributed by atoms with E-state index in [-0.39, 0.29) is 6.42 Å². The van der Waals surface area contributed by atoms with E-state index in [4.69, 9.17) is 5.11 Å². The van der Waals surface area contributed by atoms with Gasteiger partial charge in [-0.25, -0.2) is 4.79 Å². The molecule has 0 aromatic heterocycles. The fraction of sp³-hybridized carbons (Fsp3) is 0.333. The molecule has 0 bridgehead atoms. The number of rotatable bonds is 5. The topological polar surface area (TPSA) is 78.4 Å². The molecule has 0 radical (unpaired) electrons. The van der Waals surface area contributed by atoms with Gasteiger partial charge in [-0.15, -0.1) is 0 Å². The van der Waals surface area contributed by atoms with Crippen LogP contribution in [-0.4, -0.2) is 23.1 Å². The number of para-hydroxylation sites is 1. The van der Waals surface area contributed by atoms with Crippen LogP contribution >= 0.6 is 31.9 Å². The van der Waals surface area contributed by atoms with Gasteiger partial charge >= 0.3 is 12.0 Å². The first-order valence-electron chi connectivity index (χ1n) is 5.67. The van der Waals surface area contributed by atoms with Crippen molar-refractivity contribution in [1.82, 2.24) is 5.32 Å². The van der Waals surface area contributed by atoms with Crippen LogP contribution in [0.25, 0.3) is 0 Å². The average molecular weight is 394 g/mol. The minimum Gasteiger partial charge on any atom is -0.481 e. The molecular formula is C12H14Br2N2O3. The maximum Gasteiger partial charge on any atom is 0.319 e. The molecule has 5 nitrogen and oxygen atoms in total. The van der Waals surface area contributed by atoms with E-state index in [1.807, 2.05) is 13.0 Å². The second kappa shape index (κ2) is 7.49. The van der Waals surface area contributed by atoms with Gasteiger partial charge in [-0.1, -0.05) is 13.0 Å². The van der Waals surface area contributed by atoms with E-state index in [2.05, 4.69) is 42.5 Å². The highest BCUT2D eigenvalue weighted by atomic mass is 79.9. The summed E-state index contributed by atoms with van der Waals surface area (Å²) in [4.78, 5) is 22.4. The van der Waals surface area contributed by atoms with Crippen LogP contribution in [0.1, 0.15) is 19.8 Å². The van der Waals surface area contributed by atoms with Gasteiger partial charge in [0.25, 0.3) is 0 Å². The fourth-order valence-electron chi connectivity index (χ4n) is 1.46. The quantitative estimate of drug-likeness (QED) is 0.715. The van der Waals surface area contributed by atoms with E-state index in [0.717, 1.165) is 8.95 Å². The summed E-state index contributed by atoms with van der Waals surface area (Å²) >= 11 is 6.67. The van der Waals surface area contributed by atoms with Crippen LogP contribution in [0.4, 0.5) is 10.5 Å². The zero-order valence-corrected chi connectivity index (χ0v) is 13.4. The molecule has 0 fully saturated rings. The molecule has 0 spiro atoms. The first-order valence-corrected chi connectivity index (χ1v) is 7.26. The number of hydrogen-bond acceptors (Lipinski definition) is 2. The molecule has 0 aliphatic heterocycles. The maximum atomic E-state index is 11.8. The zero-order chi connectivity index (χ0) is 14.4. The van der Waals surface area contributed by atoms with Crippen molar-refractivity contribution < 1.29 is 14.7 Å². The van der Waals surface area contributed by atoms with Gasteiger partial charge in [-0.05, 0) is 50.4 Å². The van der Waals surface area contributed by atoms with E-state index in [1.165, 1.54) is 0 Å². The van der Waals surface area contributed by atoms with Gasteiger partial charge < -0.3 is 15.7 Å². The fourth-order valence-corrected chi connectivity index (χ4v) is 2.66. The number of carboxylic acid groups (broad SMARTS) is 1. The van der Waals surface area contributed by atoms with Crippen molar-refractivity contribution in [3.05, 3.63) is 27.1 Å². The minimum atomic E-state index is -0.936. The third-order valence-electron chi connectivity index (χ3n) is 2.45. The standard InChI is InChI=1S/C12H14Br2N2O3/c1-2-7(6-10(17)18)15-12(19)16-11-8(13)4-3-5-9(11)14/h3-5,7H,2,6H2,1H3,(H,17,18)(H2,15,16,19). The maximum absolute atomic E-state index is 11.8. The summed E-state index contributed by atoms with van der Waals surface area (Å²) < 4.78 is 1.48. The smallest absolute Gasteiger partial charge is 0.319 e. The molecule has 1 unspecified atom stereocenters. The van der Waals surface area contributed by atoms with Crippen molar-refractivity contribution >= 4 is 49.5 Å². The highest BCUT2D eigenvalue weighted by Gasteiger charge is 2.15. The summed E-state index contributed by atoms with van der Waals surface area (Å²) in [7, 11) is 0. The number of anilines is 1. The van der Waals surface area contributed by atoms with Gasteiger partial charge in [-0.2, -0.15) is 0 Å². The van der Waals surface area contributed by atoms with Crippen LogP contribution in [0.15, 0.2) is 27.1 Å². The van der Waals surface area contributed by atoms with Crippen LogP contribution in [0, 0.1) is 0 Å². The van der Waals surface area contributed by atoms with Crippen LogP contribution in [-0.2, 0) is 4.79 Å². The largest absolute Gasteiger partial charge is 0.481 e. The SMILES string of the molecule is CCC(CC(=O)O)NC(=O)Nc1c(Br)cccc1Br. The Balaban J connectivity index is 2.67. The van der Waals surface area contributed by atoms with Crippen molar-refractivity contribution in [2.24, 2.45) is 0 Å². The Morgan fingerprint density at radius 3 is 2.37 bits per heavy atom. The number of nitrogens with one attached hydrogen (secondary N) is 2. The molecule has 104 valence electrons. The van der Waals surface area contributed by atoms with E-state index in [9.17, 15) is 9.59 Å². The molecule has 19 heavy (non-hydrogen) atoms. The molecule has 1 rings (SSSR count). The summed E-state index contributed by atoms with van der Waals surface area (Å²) in [5, 5.41) is 14.0. The van der Waals surface area contributed by atoms with Gasteiger partial charge in [0, 0.05) is 15.0 Å². The molecule has 1 aromatic rings. The third kappa shape index (κ3) is 5.20. The van der Waals surface area contributed by atoms with Gasteiger partial charge in [0.2, 0.25) is 0 Å². The number of hydrogen-bond donors (Lipinski definition) is 3. The highest BCUT2D eigenvalue weighted by molar-refractivity contribution is 9.11. The molecule has 1 atom stereocenters. The van der Waals surface area contributed by atoms with Crippen LogP contribution in [0.5, 0.6) is 0 Å². The number of halogens is 2. The van der Waals surface area contributed by atoms with Crippen molar-refractivity contribution in [2.75, 3.05) is 5.32 Å². The van der Waals surface area contributed by atoms with Crippen molar-refractivity contribution in [2.45, 2.75) is 25.8 Å². The lowest BCUT2D eigenvalue weighted by Crippen LogP contribution is -2.39. The number of carbonyl (C=O) groups excluding carboxylic acids is 1. The van der Waals surface area contributed by atoms with Crippen LogP contribution < -0.4 is 10.6 Å². The molecule has 0 saturated heterocycles. The molecule has 1 aromatic carbocycles. The third-order valence-corrected chi connectivity index (χ3v) is 3.77. The van der Waals surface area contributed by atoms with E-state index < -0.39 is 18.0 Å². The Bertz CT molecular complexity index is 460. The predicted octanol–water partition coefficient (Wildman–Crippen LogP) is 3.59. The first kappa shape index (κ1) is 16.0. The van der Waals surface area contributed by atoms with Crippen molar-refractivity contribution in [1.29, 1.82) is 0 Å². The Kier molecular flexibility index (Phi) is 6.30. The number of aliphatic carboxylic acids is 1. The van der Waals surface area contributed by atoms with Gasteiger partial charge in [0.15, 0.2) is 0 Å². The lowest BCUT2D eigenvalue weighted by atomic mass is 10.1. The normalized spacial score (nSPS) is 11.7. The molecule has 2 amide bonds. The molecule has 0 saturated carbocycles. The summed E-state index contributed by atoms with van der Waals surface area (Å²) in [5.74, 6) is -0.936. The number of carbonyl (C=O) groups is 2. The van der Waals surface area contributed by atoms with E-state index in [1.54, 1.807) is 12.1 Å². The summed E-state index contributed by atoms with van der Waals surface area (Å²) in [6, 6.07) is 4.61. The van der Waals surface area contributed by atoms with Crippen LogP contribution in [0.3, 0.4) is 0 Å². The molecule has 0 aliphatic rings. The molecule has 3 N–H and O–H groups in total. The number of amides is 2. The Morgan fingerprint density at radius 1 is 1.32 bits per heavy atom. The van der Waals surface area contributed by atoms with E-state index in [0.29, 0.717) is 12.1 Å². The second-order valence-electron chi connectivity index (χ2n) is 3.90. The molecular weight excluding hydrogens is 380 g/mol. The van der Waals surface area contributed by atoms with Gasteiger partial charge in [-0.3, -0.25) is 4.79 Å². The second-order valence-corrected chi connectivity index (χ2v) is 5.61. The van der Waals surface area contributed by atoms with Crippen molar-refractivity contribution in [3.8, 4) is 0 Å². The number of carboxylic acids is 1. The Labute approximate surface area is 128 Å². The summed E-state index contributed by atoms with van der Waals surface area (Å²) in [6.07, 6.45) is 0.456. The lowest BCUT2D eigenvalue weighted by Gasteiger charge is -2.16. The Morgan fingerprint density at radius 2 is 1.89 bits per heavy atom. The monoisotopic (exact) mass is 392 g/mol.